The highest BCUT2D eigenvalue weighted by Gasteiger charge is 2.23. The van der Waals surface area contributed by atoms with Gasteiger partial charge in [0.15, 0.2) is 0 Å². The third-order valence-corrected chi connectivity index (χ3v) is 3.17. The highest BCUT2D eigenvalue weighted by Crippen LogP contribution is 2.24. The first kappa shape index (κ1) is 10.4. The highest BCUT2D eigenvalue weighted by atomic mass is 16.5. The van der Waals surface area contributed by atoms with Crippen LogP contribution >= 0.6 is 0 Å². The van der Waals surface area contributed by atoms with E-state index in [9.17, 15) is 0 Å². The van der Waals surface area contributed by atoms with Gasteiger partial charge in [-0.3, -0.25) is 4.98 Å². The van der Waals surface area contributed by atoms with E-state index >= 15 is 0 Å². The molecule has 1 aliphatic heterocycles. The molecule has 5 nitrogen and oxygen atoms in total. The number of pyridine rings is 1. The molecule has 17 heavy (non-hydrogen) atoms. The van der Waals surface area contributed by atoms with E-state index in [1.54, 1.807) is 12.4 Å². The average Bonchev–Trinajstić information content (AvgIpc) is 2.90. The lowest BCUT2D eigenvalue weighted by Gasteiger charge is -2.15. The molecule has 3 heterocycles. The molecule has 0 amide bonds. The summed E-state index contributed by atoms with van der Waals surface area (Å²) in [4.78, 5) is 8.46. The van der Waals surface area contributed by atoms with Crippen LogP contribution in [0, 0.1) is 0 Å². The van der Waals surface area contributed by atoms with E-state index in [1.165, 1.54) is 0 Å². The number of rotatable bonds is 2. The molecule has 0 radical (unpaired) electrons. The Morgan fingerprint density at radius 3 is 2.71 bits per heavy atom. The van der Waals surface area contributed by atoms with Gasteiger partial charge in [-0.2, -0.15) is 4.98 Å². The van der Waals surface area contributed by atoms with Gasteiger partial charge in [0.1, 0.15) is 0 Å². The second kappa shape index (κ2) is 4.63. The van der Waals surface area contributed by atoms with Crippen molar-refractivity contribution in [2.75, 3.05) is 13.1 Å². The van der Waals surface area contributed by atoms with Gasteiger partial charge in [0, 0.05) is 36.7 Å². The lowest BCUT2D eigenvalue weighted by atomic mass is 9.98. The zero-order valence-corrected chi connectivity index (χ0v) is 9.54. The van der Waals surface area contributed by atoms with Crippen molar-refractivity contribution in [3.05, 3.63) is 30.4 Å². The fraction of sp³-hybridized carbons (Fsp3) is 0.417. The Kier molecular flexibility index (Phi) is 2.83. The summed E-state index contributed by atoms with van der Waals surface area (Å²) in [5, 5.41) is 6.37. The average molecular weight is 231 g/mol. The van der Waals surface area contributed by atoms with Gasteiger partial charge in [-0.05, 0) is 12.1 Å². The molecule has 0 spiro atoms. The molecule has 0 bridgehead atoms. The lowest BCUT2D eigenvalue weighted by molar-refractivity contribution is -0.663. The first-order valence-corrected chi connectivity index (χ1v) is 5.99. The molecule has 0 aliphatic carbocycles. The number of quaternary nitrogens is 1. The third kappa shape index (κ3) is 2.19. The summed E-state index contributed by atoms with van der Waals surface area (Å²) in [6.07, 6.45) is 5.72. The number of nitrogens with two attached hydrogens (primary N) is 1. The summed E-state index contributed by atoms with van der Waals surface area (Å²) < 4.78 is 5.36. The fourth-order valence-electron chi connectivity index (χ4n) is 2.19. The molecule has 0 saturated carbocycles. The maximum absolute atomic E-state index is 5.36. The molecule has 0 unspecified atom stereocenters. The normalized spacial score (nSPS) is 17.2. The Bertz CT molecular complexity index is 476. The molecule has 0 aromatic carbocycles. The van der Waals surface area contributed by atoms with Gasteiger partial charge in [0.2, 0.25) is 11.7 Å². The summed E-state index contributed by atoms with van der Waals surface area (Å²) in [6, 6.07) is 3.78. The quantitative estimate of drug-likeness (QED) is 0.820. The van der Waals surface area contributed by atoms with Crippen LogP contribution in [0.15, 0.2) is 29.0 Å². The van der Waals surface area contributed by atoms with Gasteiger partial charge in [-0.1, -0.05) is 5.16 Å². The predicted molar refractivity (Wildman–Crippen MR) is 61.2 cm³/mol. The monoisotopic (exact) mass is 231 g/mol. The van der Waals surface area contributed by atoms with Crippen molar-refractivity contribution in [2.24, 2.45) is 0 Å². The van der Waals surface area contributed by atoms with Crippen LogP contribution in [-0.4, -0.2) is 28.2 Å². The zero-order valence-electron chi connectivity index (χ0n) is 9.54. The fourth-order valence-corrected chi connectivity index (χ4v) is 2.19. The summed E-state index contributed by atoms with van der Waals surface area (Å²) >= 11 is 0. The minimum absolute atomic E-state index is 0.433. The van der Waals surface area contributed by atoms with Gasteiger partial charge in [0.25, 0.3) is 0 Å². The van der Waals surface area contributed by atoms with Gasteiger partial charge >= 0.3 is 0 Å². The molecule has 88 valence electrons. The van der Waals surface area contributed by atoms with Crippen molar-refractivity contribution < 1.29 is 9.84 Å². The number of hydrogen-bond donors (Lipinski definition) is 1. The maximum Gasteiger partial charge on any atom is 0.230 e. The Morgan fingerprint density at radius 1 is 1.18 bits per heavy atom. The van der Waals surface area contributed by atoms with Crippen LogP contribution in [0.2, 0.25) is 0 Å². The first-order valence-electron chi connectivity index (χ1n) is 5.99. The maximum atomic E-state index is 5.36. The number of aromatic nitrogens is 3. The van der Waals surface area contributed by atoms with E-state index in [1.807, 2.05) is 12.1 Å². The van der Waals surface area contributed by atoms with E-state index in [0.717, 1.165) is 37.4 Å². The Morgan fingerprint density at radius 2 is 1.94 bits per heavy atom. The van der Waals surface area contributed by atoms with Crippen molar-refractivity contribution in [1.82, 2.24) is 15.1 Å². The Hall–Kier alpha value is -1.75. The van der Waals surface area contributed by atoms with Crippen molar-refractivity contribution in [1.29, 1.82) is 0 Å². The molecular formula is C12H15N4O+. The van der Waals surface area contributed by atoms with Crippen LogP contribution in [0.25, 0.3) is 11.4 Å². The van der Waals surface area contributed by atoms with Gasteiger partial charge in [0.05, 0.1) is 13.1 Å². The summed E-state index contributed by atoms with van der Waals surface area (Å²) in [7, 11) is 0. The summed E-state index contributed by atoms with van der Waals surface area (Å²) in [6.45, 7) is 2.30. The highest BCUT2D eigenvalue weighted by molar-refractivity contribution is 5.52. The molecule has 3 rings (SSSR count). The molecule has 2 aromatic rings. The molecule has 1 fully saturated rings. The Balaban J connectivity index is 1.83. The first-order chi connectivity index (χ1) is 8.43. The van der Waals surface area contributed by atoms with Gasteiger partial charge in [-0.25, -0.2) is 0 Å². The second-order valence-electron chi connectivity index (χ2n) is 4.33. The number of hydrogen-bond acceptors (Lipinski definition) is 4. The molecule has 2 N–H and O–H groups in total. The van der Waals surface area contributed by atoms with Crippen LogP contribution in [0.4, 0.5) is 0 Å². The van der Waals surface area contributed by atoms with Crippen molar-refractivity contribution >= 4 is 0 Å². The minimum atomic E-state index is 0.433. The molecule has 1 saturated heterocycles. The Labute approximate surface area is 99.3 Å². The summed E-state index contributed by atoms with van der Waals surface area (Å²) in [5.41, 5.74) is 0.956. The van der Waals surface area contributed by atoms with E-state index in [-0.39, 0.29) is 0 Å². The van der Waals surface area contributed by atoms with Crippen molar-refractivity contribution in [3.8, 4) is 11.4 Å². The zero-order chi connectivity index (χ0) is 11.5. The largest absolute Gasteiger partial charge is 0.346 e. The molecular weight excluding hydrogens is 216 g/mol. The SMILES string of the molecule is c1cc(-c2noc(C3CC[NH2+]CC3)n2)ccn1. The van der Waals surface area contributed by atoms with Gasteiger partial charge < -0.3 is 9.84 Å². The minimum Gasteiger partial charge on any atom is -0.346 e. The van der Waals surface area contributed by atoms with Crippen LogP contribution in [0.5, 0.6) is 0 Å². The molecule has 1 aliphatic rings. The molecule has 5 heteroatoms. The van der Waals surface area contributed by atoms with Crippen molar-refractivity contribution in [3.63, 3.8) is 0 Å². The number of nitrogens with zero attached hydrogens (tertiary/aromatic N) is 3. The van der Waals surface area contributed by atoms with Crippen LogP contribution in [0.1, 0.15) is 24.7 Å². The standard InChI is InChI=1S/C12H14N4O/c1-5-13-6-2-9(1)11-15-12(17-16-11)10-3-7-14-8-4-10/h1-2,5-6,10,14H,3-4,7-8H2/p+1. The van der Waals surface area contributed by atoms with Crippen LogP contribution in [0.3, 0.4) is 0 Å². The van der Waals surface area contributed by atoms with Crippen molar-refractivity contribution in [2.45, 2.75) is 18.8 Å². The van der Waals surface area contributed by atoms with Crippen LogP contribution in [-0.2, 0) is 0 Å². The predicted octanol–water partition coefficient (Wildman–Crippen LogP) is 0.572. The smallest absolute Gasteiger partial charge is 0.230 e. The molecule has 2 aromatic heterocycles. The van der Waals surface area contributed by atoms with E-state index in [4.69, 9.17) is 4.52 Å². The van der Waals surface area contributed by atoms with E-state index < -0.39 is 0 Å². The second-order valence-corrected chi connectivity index (χ2v) is 4.33. The van der Waals surface area contributed by atoms with E-state index in [2.05, 4.69) is 20.4 Å². The van der Waals surface area contributed by atoms with Crippen LogP contribution < -0.4 is 5.32 Å². The van der Waals surface area contributed by atoms with E-state index in [0.29, 0.717) is 11.7 Å². The topological polar surface area (TPSA) is 68.4 Å². The summed E-state index contributed by atoms with van der Waals surface area (Å²) in [5.74, 6) is 1.88. The van der Waals surface area contributed by atoms with Gasteiger partial charge in [-0.15, -0.1) is 0 Å². The number of piperidine rings is 1. The third-order valence-electron chi connectivity index (χ3n) is 3.17. The lowest BCUT2D eigenvalue weighted by Crippen LogP contribution is -2.86. The molecule has 0 atom stereocenters.